The molecule has 6 nitrogen and oxygen atoms in total. The van der Waals surface area contributed by atoms with E-state index in [4.69, 9.17) is 9.98 Å². The number of hydrogen-bond acceptors (Lipinski definition) is 5. The summed E-state index contributed by atoms with van der Waals surface area (Å²) in [5.74, 6) is 2.74. The van der Waals surface area contributed by atoms with Crippen LogP contribution in [0.3, 0.4) is 0 Å². The van der Waals surface area contributed by atoms with Crippen LogP contribution in [0.15, 0.2) is 139 Å². The molecule has 6 aromatic rings. The third-order valence-electron chi connectivity index (χ3n) is 9.45. The summed E-state index contributed by atoms with van der Waals surface area (Å²) in [6.45, 7) is 8.63. The van der Waals surface area contributed by atoms with E-state index in [0.717, 1.165) is 39.7 Å². The average molecular weight is 846 g/mol. The molecule has 2 aromatic heterocycles. The minimum Gasteiger partial charge on any atom is -0.507 e. The summed E-state index contributed by atoms with van der Waals surface area (Å²) < 4.78 is 2.20. The molecule has 4 heterocycles. The van der Waals surface area contributed by atoms with E-state index in [1.165, 1.54) is 22.3 Å². The van der Waals surface area contributed by atoms with Gasteiger partial charge in [0.1, 0.15) is 17.4 Å². The van der Waals surface area contributed by atoms with E-state index < -0.39 is 0 Å². The van der Waals surface area contributed by atoms with Crippen LogP contribution in [0.4, 0.5) is 5.82 Å². The minimum absolute atomic E-state index is 0. The van der Waals surface area contributed by atoms with Crippen molar-refractivity contribution in [2.45, 2.75) is 39.5 Å². The molecule has 0 amide bonds. The number of fused-ring (bicyclic) bond motifs is 2. The Kier molecular flexibility index (Phi) is 9.50. The molecule has 0 fully saturated rings. The zero-order valence-corrected chi connectivity index (χ0v) is 31.2. The number of imidazole rings is 1. The van der Waals surface area contributed by atoms with Gasteiger partial charge in [-0.25, -0.2) is 9.98 Å². The van der Waals surface area contributed by atoms with Crippen molar-refractivity contribution in [1.82, 2.24) is 19.3 Å². The van der Waals surface area contributed by atoms with Gasteiger partial charge in [0.05, 0.1) is 16.8 Å². The molecule has 254 valence electrons. The van der Waals surface area contributed by atoms with Gasteiger partial charge in [0.25, 0.3) is 0 Å². The second kappa shape index (κ2) is 14.2. The SMILES string of the molecule is CC(C)c1cc(-c2ccccc2)cc(C(C)C)c1-n1c(-c2ccccc2O)nc2c1N=C1C=CC=CN1B2c1[c-]c(-c2ccccn2)ccc1.[Pt]. The average Bonchev–Trinajstić information content (AvgIpc) is 3.52. The van der Waals surface area contributed by atoms with Gasteiger partial charge in [-0.15, -0.1) is 35.3 Å². The number of phenols is 1. The first-order valence-corrected chi connectivity index (χ1v) is 17.2. The number of rotatable bonds is 7. The number of hydrogen-bond donors (Lipinski definition) is 1. The molecule has 0 spiro atoms. The Morgan fingerprint density at radius 2 is 1.49 bits per heavy atom. The van der Waals surface area contributed by atoms with Crippen molar-refractivity contribution in [3.63, 3.8) is 0 Å². The van der Waals surface area contributed by atoms with Gasteiger partial charge >= 0.3 is 6.85 Å². The maximum Gasteiger partial charge on any atom is 0.335 e. The first kappa shape index (κ1) is 34.2. The Morgan fingerprint density at radius 1 is 0.765 bits per heavy atom. The van der Waals surface area contributed by atoms with E-state index in [2.05, 4.69) is 109 Å². The molecule has 1 N–H and O–H groups in total. The van der Waals surface area contributed by atoms with E-state index in [0.29, 0.717) is 11.4 Å². The van der Waals surface area contributed by atoms with E-state index in [1.54, 1.807) is 12.3 Å². The number of para-hydroxylation sites is 1. The summed E-state index contributed by atoms with van der Waals surface area (Å²) in [7, 11) is 0. The molecule has 0 saturated carbocycles. The number of aromatic nitrogens is 3. The molecule has 0 atom stereocenters. The summed E-state index contributed by atoms with van der Waals surface area (Å²) in [5, 5.41) is 11.4. The van der Waals surface area contributed by atoms with Gasteiger partial charge in [0.15, 0.2) is 5.82 Å². The molecule has 0 bridgehead atoms. The Balaban J connectivity index is 0.00000406. The number of benzene rings is 4. The Morgan fingerprint density at radius 3 is 2.20 bits per heavy atom. The van der Waals surface area contributed by atoms with Crippen LogP contribution in [0, 0.1) is 6.07 Å². The number of allylic oxidation sites excluding steroid dienone is 2. The summed E-state index contributed by atoms with van der Waals surface area (Å²) in [5.41, 5.74) is 9.93. The van der Waals surface area contributed by atoms with Crippen LogP contribution in [0.2, 0.25) is 0 Å². The van der Waals surface area contributed by atoms with Crippen LogP contribution in [0.25, 0.3) is 39.5 Å². The van der Waals surface area contributed by atoms with E-state index in [1.807, 2.05) is 60.7 Å². The molecule has 0 saturated heterocycles. The van der Waals surface area contributed by atoms with Gasteiger partial charge in [-0.1, -0.05) is 88.4 Å². The maximum absolute atomic E-state index is 11.4. The molecule has 4 aromatic carbocycles. The first-order chi connectivity index (χ1) is 24.4. The van der Waals surface area contributed by atoms with Gasteiger partial charge in [0, 0.05) is 27.3 Å². The standard InChI is InChI=1S/C43H37BN5O.Pt/c1-28(2)35-26-32(30-15-6-5-7-16-30)27-36(29(3)4)40(35)49-42(34-19-8-9-21-38(34)50)47-41-43(49)46-39-22-11-13-24-48(39)44(41)33-18-14-17-31(25-33)37-20-10-12-23-45-37;/h5-24,26-29,50H,1-4H3;/q-1;. The van der Waals surface area contributed by atoms with Gasteiger partial charge in [-0.3, -0.25) is 4.57 Å². The van der Waals surface area contributed by atoms with Crippen LogP contribution in [0.5, 0.6) is 5.75 Å². The first-order valence-electron chi connectivity index (χ1n) is 17.2. The van der Waals surface area contributed by atoms with Crippen LogP contribution < -0.4 is 11.1 Å². The predicted molar refractivity (Wildman–Crippen MR) is 205 cm³/mol. The number of aliphatic imine (C=N–C) groups is 1. The molecular formula is C43H37BN5OPt-. The van der Waals surface area contributed by atoms with Crippen molar-refractivity contribution in [2.75, 3.05) is 0 Å². The van der Waals surface area contributed by atoms with Crippen molar-refractivity contribution < 1.29 is 26.2 Å². The van der Waals surface area contributed by atoms with Crippen molar-refractivity contribution in [3.8, 4) is 45.2 Å². The smallest absolute Gasteiger partial charge is 0.335 e. The molecule has 0 aliphatic carbocycles. The van der Waals surface area contributed by atoms with Crippen LogP contribution >= 0.6 is 0 Å². The molecule has 0 radical (unpaired) electrons. The number of amidine groups is 1. The van der Waals surface area contributed by atoms with Gasteiger partial charge in [-0.2, -0.15) is 0 Å². The fourth-order valence-corrected chi connectivity index (χ4v) is 7.01. The van der Waals surface area contributed by atoms with Gasteiger partial charge in [-0.05, 0) is 88.5 Å². The second-order valence-corrected chi connectivity index (χ2v) is 13.4. The summed E-state index contributed by atoms with van der Waals surface area (Å²) >= 11 is 0. The quantitative estimate of drug-likeness (QED) is 0.129. The number of aromatic hydroxyl groups is 1. The fraction of sp³-hybridized carbons (Fsp3) is 0.140. The molecule has 8 heteroatoms. The van der Waals surface area contributed by atoms with Gasteiger partial charge in [0.2, 0.25) is 0 Å². The molecular weight excluding hydrogens is 808 g/mol. The Bertz CT molecular complexity index is 2280. The topological polar surface area (TPSA) is 66.5 Å². The van der Waals surface area contributed by atoms with E-state index >= 15 is 0 Å². The van der Waals surface area contributed by atoms with Crippen LogP contribution in [0.1, 0.15) is 50.7 Å². The van der Waals surface area contributed by atoms with E-state index in [9.17, 15) is 5.11 Å². The van der Waals surface area contributed by atoms with Crippen molar-refractivity contribution in [2.24, 2.45) is 4.99 Å². The summed E-state index contributed by atoms with van der Waals surface area (Å²) in [6, 6.07) is 38.4. The fourth-order valence-electron chi connectivity index (χ4n) is 7.01. The molecule has 51 heavy (non-hydrogen) atoms. The zero-order chi connectivity index (χ0) is 34.4. The number of pyridine rings is 1. The van der Waals surface area contributed by atoms with E-state index in [-0.39, 0.29) is 45.5 Å². The van der Waals surface area contributed by atoms with Gasteiger partial charge < -0.3 is 14.9 Å². The second-order valence-electron chi connectivity index (χ2n) is 13.4. The third-order valence-corrected chi connectivity index (χ3v) is 9.45. The number of phenolic OH excluding ortho intramolecular Hbond substituents is 1. The summed E-state index contributed by atoms with van der Waals surface area (Å²) in [6.07, 6.45) is 9.95. The predicted octanol–water partition coefficient (Wildman–Crippen LogP) is 8.55. The molecule has 2 aliphatic heterocycles. The minimum atomic E-state index is -0.332. The van der Waals surface area contributed by atoms with Crippen LogP contribution in [-0.4, -0.2) is 37.1 Å². The Labute approximate surface area is 314 Å². The van der Waals surface area contributed by atoms with Crippen molar-refractivity contribution >= 4 is 29.6 Å². The zero-order valence-electron chi connectivity index (χ0n) is 28.9. The third kappa shape index (κ3) is 6.21. The molecule has 2 aliphatic rings. The van der Waals surface area contributed by atoms with Crippen molar-refractivity contribution in [3.05, 3.63) is 151 Å². The van der Waals surface area contributed by atoms with Crippen LogP contribution in [-0.2, 0) is 21.1 Å². The number of nitrogens with zero attached hydrogens (tertiary/aromatic N) is 5. The molecule has 0 unspecified atom stereocenters. The normalized spacial score (nSPS) is 13.3. The molecule has 8 rings (SSSR count). The maximum atomic E-state index is 11.4. The largest absolute Gasteiger partial charge is 0.507 e. The summed E-state index contributed by atoms with van der Waals surface area (Å²) in [4.78, 5) is 17.6. The Hall–Kier alpha value is -5.26. The monoisotopic (exact) mass is 845 g/mol. The van der Waals surface area contributed by atoms with Crippen molar-refractivity contribution in [1.29, 1.82) is 0 Å².